The van der Waals surface area contributed by atoms with Gasteiger partial charge in [0.1, 0.15) is 5.75 Å². The number of amides is 1. The number of nitrogens with zero attached hydrogens (tertiary/aromatic N) is 2. The molecule has 3 aromatic rings. The minimum Gasteiger partial charge on any atom is -0.496 e. The normalized spacial score (nSPS) is 10.3. The SMILES string of the molecule is COc1ccc(CCNC(=O)c2cn[nH]c2-c2ccc(C#N)cc2)cc1Br. The van der Waals surface area contributed by atoms with Crippen LogP contribution in [-0.2, 0) is 6.42 Å². The van der Waals surface area contributed by atoms with Gasteiger partial charge in [-0.1, -0.05) is 18.2 Å². The van der Waals surface area contributed by atoms with Gasteiger partial charge in [-0.3, -0.25) is 9.89 Å². The molecule has 0 saturated carbocycles. The molecule has 0 unspecified atom stereocenters. The van der Waals surface area contributed by atoms with E-state index in [0.717, 1.165) is 21.3 Å². The van der Waals surface area contributed by atoms with Gasteiger partial charge in [-0.05, 0) is 52.2 Å². The Balaban J connectivity index is 1.64. The molecule has 7 heteroatoms. The first-order chi connectivity index (χ1) is 13.1. The fraction of sp³-hybridized carbons (Fsp3) is 0.150. The maximum Gasteiger partial charge on any atom is 0.255 e. The summed E-state index contributed by atoms with van der Waals surface area (Å²) in [4.78, 5) is 12.5. The minimum absolute atomic E-state index is 0.198. The molecule has 1 amide bonds. The smallest absolute Gasteiger partial charge is 0.255 e. The van der Waals surface area contributed by atoms with Crippen LogP contribution in [0.3, 0.4) is 0 Å². The number of carbonyl (C=O) groups excluding carboxylic acids is 1. The van der Waals surface area contributed by atoms with Crippen LogP contribution in [-0.4, -0.2) is 29.8 Å². The molecule has 0 spiro atoms. The number of hydrogen-bond donors (Lipinski definition) is 2. The summed E-state index contributed by atoms with van der Waals surface area (Å²) >= 11 is 3.46. The van der Waals surface area contributed by atoms with Gasteiger partial charge in [0.05, 0.1) is 40.7 Å². The van der Waals surface area contributed by atoms with Crippen molar-refractivity contribution in [1.82, 2.24) is 15.5 Å². The van der Waals surface area contributed by atoms with E-state index in [0.29, 0.717) is 29.8 Å². The Morgan fingerprint density at radius 2 is 2.07 bits per heavy atom. The Hall–Kier alpha value is -3.11. The van der Waals surface area contributed by atoms with Gasteiger partial charge in [-0.25, -0.2) is 0 Å². The molecule has 0 atom stereocenters. The Morgan fingerprint density at radius 3 is 2.74 bits per heavy atom. The lowest BCUT2D eigenvalue weighted by molar-refractivity contribution is 0.0955. The van der Waals surface area contributed by atoms with Gasteiger partial charge in [0, 0.05) is 12.1 Å². The second-order valence-corrected chi connectivity index (χ2v) is 6.68. The minimum atomic E-state index is -0.198. The highest BCUT2D eigenvalue weighted by atomic mass is 79.9. The molecule has 0 fully saturated rings. The van der Waals surface area contributed by atoms with Gasteiger partial charge in [-0.15, -0.1) is 0 Å². The Morgan fingerprint density at radius 1 is 1.30 bits per heavy atom. The van der Waals surface area contributed by atoms with Crippen LogP contribution in [0.4, 0.5) is 0 Å². The molecule has 0 aliphatic rings. The van der Waals surface area contributed by atoms with Gasteiger partial charge in [-0.2, -0.15) is 10.4 Å². The van der Waals surface area contributed by atoms with Crippen molar-refractivity contribution in [3.63, 3.8) is 0 Å². The maximum absolute atomic E-state index is 12.5. The van der Waals surface area contributed by atoms with Crippen molar-refractivity contribution in [1.29, 1.82) is 5.26 Å². The fourth-order valence-electron chi connectivity index (χ4n) is 2.67. The van der Waals surface area contributed by atoms with Gasteiger partial charge < -0.3 is 10.1 Å². The monoisotopic (exact) mass is 424 g/mol. The van der Waals surface area contributed by atoms with Crippen molar-refractivity contribution in [2.75, 3.05) is 13.7 Å². The molecule has 27 heavy (non-hydrogen) atoms. The van der Waals surface area contributed by atoms with E-state index in [2.05, 4.69) is 37.5 Å². The molecule has 2 aromatic carbocycles. The summed E-state index contributed by atoms with van der Waals surface area (Å²) < 4.78 is 6.10. The van der Waals surface area contributed by atoms with Crippen LogP contribution in [0.5, 0.6) is 5.75 Å². The standard InChI is InChI=1S/C20H17BrN4O2/c1-27-18-7-4-13(10-17(18)21)8-9-23-20(26)16-12-24-25-19(16)15-5-2-14(11-22)3-6-15/h2-7,10,12H,8-9H2,1H3,(H,23,26)(H,24,25). The molecule has 1 aromatic heterocycles. The van der Waals surface area contributed by atoms with Crippen LogP contribution in [0, 0.1) is 11.3 Å². The summed E-state index contributed by atoms with van der Waals surface area (Å²) in [6.45, 7) is 0.496. The summed E-state index contributed by atoms with van der Waals surface area (Å²) in [5.74, 6) is 0.573. The van der Waals surface area contributed by atoms with Crippen molar-refractivity contribution in [2.45, 2.75) is 6.42 Å². The predicted molar refractivity (Wildman–Crippen MR) is 105 cm³/mol. The fourth-order valence-corrected chi connectivity index (χ4v) is 3.26. The lowest BCUT2D eigenvalue weighted by Crippen LogP contribution is -2.25. The third-order valence-corrected chi connectivity index (χ3v) is 4.72. The van der Waals surface area contributed by atoms with Crippen LogP contribution >= 0.6 is 15.9 Å². The first kappa shape index (κ1) is 18.7. The molecule has 0 saturated heterocycles. The average molecular weight is 425 g/mol. The number of halogens is 1. The van der Waals surface area contributed by atoms with E-state index in [1.54, 1.807) is 31.4 Å². The van der Waals surface area contributed by atoms with Crippen molar-refractivity contribution in [3.8, 4) is 23.1 Å². The van der Waals surface area contributed by atoms with E-state index >= 15 is 0 Å². The van der Waals surface area contributed by atoms with Crippen LogP contribution in [0.25, 0.3) is 11.3 Å². The van der Waals surface area contributed by atoms with Crippen molar-refractivity contribution < 1.29 is 9.53 Å². The number of carbonyl (C=O) groups is 1. The lowest BCUT2D eigenvalue weighted by Gasteiger charge is -2.08. The first-order valence-corrected chi connectivity index (χ1v) is 9.06. The highest BCUT2D eigenvalue weighted by Crippen LogP contribution is 2.25. The third kappa shape index (κ3) is 4.36. The second kappa shape index (κ2) is 8.52. The zero-order valence-corrected chi connectivity index (χ0v) is 16.2. The summed E-state index contributed by atoms with van der Waals surface area (Å²) in [6.07, 6.45) is 2.20. The number of hydrogen-bond acceptors (Lipinski definition) is 4. The van der Waals surface area contributed by atoms with Crippen molar-refractivity contribution >= 4 is 21.8 Å². The van der Waals surface area contributed by atoms with E-state index in [9.17, 15) is 4.79 Å². The number of methoxy groups -OCH3 is 1. The summed E-state index contributed by atoms with van der Waals surface area (Å²) in [5, 5.41) is 18.7. The lowest BCUT2D eigenvalue weighted by atomic mass is 10.1. The number of aromatic nitrogens is 2. The molecule has 0 radical (unpaired) electrons. The van der Waals surface area contributed by atoms with E-state index in [4.69, 9.17) is 10.00 Å². The number of ether oxygens (including phenoxy) is 1. The molecular weight excluding hydrogens is 408 g/mol. The maximum atomic E-state index is 12.5. The average Bonchev–Trinajstić information content (AvgIpc) is 3.18. The van der Waals surface area contributed by atoms with Gasteiger partial charge in [0.2, 0.25) is 0 Å². The Labute approximate surface area is 165 Å². The summed E-state index contributed by atoms with van der Waals surface area (Å²) in [5.41, 5.74) is 3.55. The molecule has 0 bridgehead atoms. The largest absolute Gasteiger partial charge is 0.496 e. The zero-order chi connectivity index (χ0) is 19.2. The Bertz CT molecular complexity index is 990. The van der Waals surface area contributed by atoms with E-state index in [1.165, 1.54) is 6.20 Å². The number of nitriles is 1. The van der Waals surface area contributed by atoms with Gasteiger partial charge >= 0.3 is 0 Å². The number of benzene rings is 2. The number of rotatable bonds is 6. The highest BCUT2D eigenvalue weighted by molar-refractivity contribution is 9.10. The van der Waals surface area contributed by atoms with E-state index in [1.807, 2.05) is 18.2 Å². The molecular formula is C20H17BrN4O2. The van der Waals surface area contributed by atoms with E-state index in [-0.39, 0.29) is 5.91 Å². The van der Waals surface area contributed by atoms with Crippen LogP contribution in [0.1, 0.15) is 21.5 Å². The number of nitrogens with one attached hydrogen (secondary N) is 2. The Kier molecular flexibility index (Phi) is 5.89. The predicted octanol–water partition coefficient (Wildman–Crippen LogP) is 3.69. The molecule has 0 aliphatic heterocycles. The van der Waals surface area contributed by atoms with Gasteiger partial charge in [0.15, 0.2) is 0 Å². The first-order valence-electron chi connectivity index (χ1n) is 8.27. The third-order valence-electron chi connectivity index (χ3n) is 4.10. The quantitative estimate of drug-likeness (QED) is 0.630. The van der Waals surface area contributed by atoms with Crippen LogP contribution in [0.15, 0.2) is 53.1 Å². The molecule has 1 heterocycles. The topological polar surface area (TPSA) is 90.8 Å². The van der Waals surface area contributed by atoms with E-state index < -0.39 is 0 Å². The van der Waals surface area contributed by atoms with Crippen molar-refractivity contribution in [2.24, 2.45) is 0 Å². The number of H-pyrrole nitrogens is 1. The zero-order valence-electron chi connectivity index (χ0n) is 14.6. The van der Waals surface area contributed by atoms with Crippen LogP contribution in [0.2, 0.25) is 0 Å². The van der Waals surface area contributed by atoms with Gasteiger partial charge in [0.25, 0.3) is 5.91 Å². The molecule has 0 aliphatic carbocycles. The number of aromatic amines is 1. The summed E-state index contributed by atoms with van der Waals surface area (Å²) in [6, 6.07) is 14.9. The second-order valence-electron chi connectivity index (χ2n) is 5.82. The summed E-state index contributed by atoms with van der Waals surface area (Å²) in [7, 11) is 1.62. The molecule has 6 nitrogen and oxygen atoms in total. The van der Waals surface area contributed by atoms with Crippen LogP contribution < -0.4 is 10.1 Å². The highest BCUT2D eigenvalue weighted by Gasteiger charge is 2.15. The molecule has 136 valence electrons. The molecule has 2 N–H and O–H groups in total. The molecule has 3 rings (SSSR count). The van der Waals surface area contributed by atoms with Crippen molar-refractivity contribution in [3.05, 3.63) is 69.8 Å².